The molecule has 0 heterocycles. The van der Waals surface area contributed by atoms with Crippen LogP contribution in [-0.2, 0) is 10.8 Å². The monoisotopic (exact) mass is 635 g/mol. The third kappa shape index (κ3) is 5.52. The topological polar surface area (TPSA) is 3.24 Å². The van der Waals surface area contributed by atoms with E-state index in [0.29, 0.717) is 0 Å². The molecule has 0 spiro atoms. The van der Waals surface area contributed by atoms with Crippen LogP contribution in [0.2, 0.25) is 0 Å². The van der Waals surface area contributed by atoms with Crippen LogP contribution in [0.15, 0.2) is 127 Å². The Labute approximate surface area is 291 Å². The number of aryl methyl sites for hydroxylation is 2. The van der Waals surface area contributed by atoms with E-state index >= 15 is 0 Å². The summed E-state index contributed by atoms with van der Waals surface area (Å²) in [6, 6.07) is 48.3. The van der Waals surface area contributed by atoms with Crippen molar-refractivity contribution >= 4 is 38.6 Å². The molecule has 1 aliphatic carbocycles. The summed E-state index contributed by atoms with van der Waals surface area (Å²) in [6.07, 6.45) is 0. The summed E-state index contributed by atoms with van der Waals surface area (Å²) in [7, 11) is 0. The average Bonchev–Trinajstić information content (AvgIpc) is 3.08. The van der Waals surface area contributed by atoms with Gasteiger partial charge in [-0.1, -0.05) is 102 Å². The molecule has 0 atom stereocenters. The van der Waals surface area contributed by atoms with Gasteiger partial charge in [-0.05, 0) is 169 Å². The predicted octanol–water partition coefficient (Wildman–Crippen LogP) is 14.0. The van der Waals surface area contributed by atoms with E-state index in [1.54, 1.807) is 0 Å². The first kappa shape index (κ1) is 31.1. The SMILES string of the molecule is Cc1ccc(N(c2ccc(C(C)(C)C)cc2)c2ccc3cc4c(cc3c2)-c2cc3ccc(-c5ccc(C(C)(C)C)cc5)cc3cc2-4)cc1C. The van der Waals surface area contributed by atoms with E-state index in [9.17, 15) is 0 Å². The van der Waals surface area contributed by atoms with Crippen molar-refractivity contribution in [2.75, 3.05) is 4.90 Å². The van der Waals surface area contributed by atoms with E-state index in [4.69, 9.17) is 0 Å². The number of fused-ring (bicyclic) bond motifs is 6. The fraction of sp³-hybridized carbons (Fsp3) is 0.208. The lowest BCUT2D eigenvalue weighted by molar-refractivity contribution is 0.590. The van der Waals surface area contributed by atoms with Crippen LogP contribution >= 0.6 is 0 Å². The molecule has 0 saturated carbocycles. The highest BCUT2D eigenvalue weighted by Gasteiger charge is 2.25. The molecule has 8 rings (SSSR count). The average molecular weight is 636 g/mol. The normalized spacial score (nSPS) is 12.5. The van der Waals surface area contributed by atoms with Gasteiger partial charge in [-0.15, -0.1) is 0 Å². The number of hydrogen-bond acceptors (Lipinski definition) is 1. The molecule has 0 saturated heterocycles. The maximum Gasteiger partial charge on any atom is 0.0468 e. The third-order valence-electron chi connectivity index (χ3n) is 10.6. The molecule has 0 radical (unpaired) electrons. The number of hydrogen-bond donors (Lipinski definition) is 0. The lowest BCUT2D eigenvalue weighted by Gasteiger charge is -2.29. The Morgan fingerprint density at radius 1 is 0.347 bits per heavy atom. The lowest BCUT2D eigenvalue weighted by Crippen LogP contribution is -2.13. The Bertz CT molecular complexity index is 2390. The molecular formula is C48H45N. The van der Waals surface area contributed by atoms with Gasteiger partial charge in [0, 0.05) is 17.1 Å². The van der Waals surface area contributed by atoms with Crippen LogP contribution in [0.3, 0.4) is 0 Å². The van der Waals surface area contributed by atoms with Crippen molar-refractivity contribution in [2.24, 2.45) is 0 Å². The number of rotatable bonds is 4. The Morgan fingerprint density at radius 3 is 1.33 bits per heavy atom. The molecule has 242 valence electrons. The molecule has 1 heteroatoms. The van der Waals surface area contributed by atoms with Gasteiger partial charge in [0.25, 0.3) is 0 Å². The van der Waals surface area contributed by atoms with Gasteiger partial charge in [0.2, 0.25) is 0 Å². The van der Waals surface area contributed by atoms with E-state index < -0.39 is 0 Å². The molecule has 0 aromatic heterocycles. The summed E-state index contributed by atoms with van der Waals surface area (Å²) in [5.41, 5.74) is 17.0. The Hall–Kier alpha value is -5.14. The fourth-order valence-corrected chi connectivity index (χ4v) is 7.32. The zero-order chi connectivity index (χ0) is 34.2. The van der Waals surface area contributed by atoms with Crippen LogP contribution in [0.1, 0.15) is 63.8 Å². The lowest BCUT2D eigenvalue weighted by atomic mass is 9.77. The Balaban J connectivity index is 1.17. The summed E-state index contributed by atoms with van der Waals surface area (Å²) < 4.78 is 0. The Kier molecular flexibility index (Phi) is 7.12. The largest absolute Gasteiger partial charge is 0.310 e. The quantitative estimate of drug-likeness (QED) is 0.186. The van der Waals surface area contributed by atoms with Gasteiger partial charge >= 0.3 is 0 Å². The Morgan fingerprint density at radius 2 is 0.776 bits per heavy atom. The highest BCUT2D eigenvalue weighted by molar-refractivity contribution is 6.12. The van der Waals surface area contributed by atoms with Gasteiger partial charge in [0.1, 0.15) is 0 Å². The molecule has 1 nitrogen and oxygen atoms in total. The van der Waals surface area contributed by atoms with Gasteiger partial charge in [-0.3, -0.25) is 0 Å². The molecule has 1 aliphatic rings. The van der Waals surface area contributed by atoms with Crippen molar-refractivity contribution < 1.29 is 0 Å². The zero-order valence-electron chi connectivity index (χ0n) is 30.1. The molecule has 7 aromatic carbocycles. The van der Waals surface area contributed by atoms with Gasteiger partial charge < -0.3 is 4.90 Å². The molecule has 0 aliphatic heterocycles. The molecule has 0 N–H and O–H groups in total. The summed E-state index contributed by atoms with van der Waals surface area (Å²) in [5.74, 6) is 0. The van der Waals surface area contributed by atoms with Crippen molar-refractivity contribution in [1.82, 2.24) is 0 Å². The minimum atomic E-state index is 0.108. The summed E-state index contributed by atoms with van der Waals surface area (Å²) in [5, 5.41) is 5.10. The van der Waals surface area contributed by atoms with Crippen molar-refractivity contribution in [3.8, 4) is 33.4 Å². The summed E-state index contributed by atoms with van der Waals surface area (Å²) in [4.78, 5) is 2.40. The minimum absolute atomic E-state index is 0.108. The maximum atomic E-state index is 2.40. The van der Waals surface area contributed by atoms with Gasteiger partial charge in [-0.2, -0.15) is 0 Å². The zero-order valence-corrected chi connectivity index (χ0v) is 30.1. The number of benzene rings is 7. The van der Waals surface area contributed by atoms with E-state index in [1.165, 1.54) is 94.2 Å². The van der Waals surface area contributed by atoms with Gasteiger partial charge in [0.15, 0.2) is 0 Å². The first-order chi connectivity index (χ1) is 23.3. The fourth-order valence-electron chi connectivity index (χ4n) is 7.32. The second kappa shape index (κ2) is 11.2. The van der Waals surface area contributed by atoms with Crippen LogP contribution in [-0.4, -0.2) is 0 Å². The summed E-state index contributed by atoms with van der Waals surface area (Å²) >= 11 is 0. The van der Waals surface area contributed by atoms with E-state index in [0.717, 1.165) is 0 Å². The van der Waals surface area contributed by atoms with Crippen LogP contribution in [0.25, 0.3) is 54.9 Å². The van der Waals surface area contributed by atoms with Crippen LogP contribution < -0.4 is 4.90 Å². The van der Waals surface area contributed by atoms with Crippen molar-refractivity contribution in [2.45, 2.75) is 66.2 Å². The molecule has 0 bridgehead atoms. The standard InChI is InChI=1S/C48H45N/c1-30-9-19-41(23-31(30)2)49(40-21-17-39(18-22-40)48(6,7)8)42-20-14-35-27-44-45-28-36-24-33(32-12-15-38(16-13-32)47(3,4)5)10-11-34(36)26-43(45)46(44)29-37(35)25-42/h9-29H,1-8H3. The maximum absolute atomic E-state index is 2.40. The van der Waals surface area contributed by atoms with Crippen LogP contribution in [0.4, 0.5) is 17.1 Å². The van der Waals surface area contributed by atoms with Crippen molar-refractivity contribution in [3.05, 3.63) is 150 Å². The van der Waals surface area contributed by atoms with E-state index in [2.05, 4.69) is 188 Å². The summed E-state index contributed by atoms with van der Waals surface area (Å²) in [6.45, 7) is 18.0. The highest BCUT2D eigenvalue weighted by Crippen LogP contribution is 2.51. The molecule has 49 heavy (non-hydrogen) atoms. The van der Waals surface area contributed by atoms with Crippen LogP contribution in [0, 0.1) is 13.8 Å². The second-order valence-electron chi connectivity index (χ2n) is 16.1. The first-order valence-corrected chi connectivity index (χ1v) is 17.6. The molecular weight excluding hydrogens is 591 g/mol. The molecule has 0 fully saturated rings. The van der Waals surface area contributed by atoms with E-state index in [1.807, 2.05) is 0 Å². The molecule has 0 unspecified atom stereocenters. The van der Waals surface area contributed by atoms with Crippen molar-refractivity contribution in [1.29, 1.82) is 0 Å². The second-order valence-corrected chi connectivity index (χ2v) is 16.1. The minimum Gasteiger partial charge on any atom is -0.310 e. The van der Waals surface area contributed by atoms with Crippen molar-refractivity contribution in [3.63, 3.8) is 0 Å². The van der Waals surface area contributed by atoms with Crippen LogP contribution in [0.5, 0.6) is 0 Å². The smallest absolute Gasteiger partial charge is 0.0468 e. The first-order valence-electron chi connectivity index (χ1n) is 17.6. The highest BCUT2D eigenvalue weighted by atomic mass is 15.1. The van der Waals surface area contributed by atoms with Gasteiger partial charge in [-0.25, -0.2) is 0 Å². The molecule has 0 amide bonds. The van der Waals surface area contributed by atoms with Gasteiger partial charge in [0.05, 0.1) is 0 Å². The number of anilines is 3. The third-order valence-corrected chi connectivity index (χ3v) is 10.6. The number of nitrogens with zero attached hydrogens (tertiary/aromatic N) is 1. The molecule has 7 aromatic rings. The van der Waals surface area contributed by atoms with E-state index in [-0.39, 0.29) is 10.8 Å². The predicted molar refractivity (Wildman–Crippen MR) is 213 cm³/mol.